The third kappa shape index (κ3) is 25.6. The van der Waals surface area contributed by atoms with Crippen LogP contribution in [-0.2, 0) is 9.53 Å². The van der Waals surface area contributed by atoms with Gasteiger partial charge < -0.3 is 4.74 Å². The van der Waals surface area contributed by atoms with Crippen molar-refractivity contribution >= 4 is 5.97 Å². The van der Waals surface area contributed by atoms with Gasteiger partial charge >= 0.3 is 5.97 Å². The van der Waals surface area contributed by atoms with Crippen LogP contribution in [-0.4, -0.2) is 30.7 Å². The van der Waals surface area contributed by atoms with Crippen molar-refractivity contribution in [3.05, 3.63) is 12.7 Å². The van der Waals surface area contributed by atoms with Crippen molar-refractivity contribution in [3.8, 4) is 0 Å². The van der Waals surface area contributed by atoms with Gasteiger partial charge in [0.05, 0.1) is 0 Å². The Balaban J connectivity index is 3.85. The second-order valence-corrected chi connectivity index (χ2v) is 12.5. The first-order chi connectivity index (χ1) is 15.5. The van der Waals surface area contributed by atoms with Crippen molar-refractivity contribution in [1.29, 1.82) is 0 Å². The number of carbonyl (C=O) groups excluding carboxylic acids is 1. The summed E-state index contributed by atoms with van der Waals surface area (Å²) in [6, 6.07) is 0. The van der Waals surface area contributed by atoms with Crippen LogP contribution in [0.1, 0.15) is 144 Å². The molecule has 0 rings (SSSR count). The summed E-state index contributed by atoms with van der Waals surface area (Å²) in [7, 11) is 0. The Morgan fingerprint density at radius 3 is 1.30 bits per heavy atom. The predicted octanol–water partition coefficient (Wildman–Crippen LogP) is 9.31. The maximum atomic E-state index is 11.5. The number of carbonyl (C=O) groups is 1. The fraction of sp³-hybridized carbons (Fsp3) is 0.900. The van der Waals surface area contributed by atoms with Gasteiger partial charge in [0.25, 0.3) is 0 Å². The molecule has 0 saturated carbocycles. The van der Waals surface area contributed by atoms with E-state index in [1.165, 1.54) is 109 Å². The van der Waals surface area contributed by atoms with E-state index in [1.54, 1.807) is 0 Å². The Hall–Kier alpha value is -0.830. The summed E-state index contributed by atoms with van der Waals surface area (Å²) in [6.07, 6.45) is 22.4. The molecular weight excluding hydrogens is 406 g/mol. The lowest BCUT2D eigenvalue weighted by Gasteiger charge is -2.21. The molecule has 3 heteroatoms. The summed E-state index contributed by atoms with van der Waals surface area (Å²) in [5.74, 6) is -0.314. The predicted molar refractivity (Wildman–Crippen MR) is 146 cm³/mol. The molecule has 0 aromatic heterocycles. The zero-order valence-electron chi connectivity index (χ0n) is 23.5. The summed E-state index contributed by atoms with van der Waals surface area (Å²) in [4.78, 5) is 13.8. The monoisotopic (exact) mass is 465 g/mol. The molecule has 0 N–H and O–H groups in total. The summed E-state index contributed by atoms with van der Waals surface area (Å²) >= 11 is 0. The zero-order chi connectivity index (χ0) is 25.0. The van der Waals surface area contributed by atoms with Gasteiger partial charge in [-0.1, -0.05) is 125 Å². The molecule has 0 bridgehead atoms. The van der Waals surface area contributed by atoms with E-state index < -0.39 is 0 Å². The van der Waals surface area contributed by atoms with Crippen molar-refractivity contribution in [2.24, 2.45) is 10.8 Å². The quantitative estimate of drug-likeness (QED) is 0.0731. The third-order valence-electron chi connectivity index (χ3n) is 6.36. The lowest BCUT2D eigenvalue weighted by molar-refractivity contribution is -0.142. The number of ether oxygens (including phenoxy) is 1. The van der Waals surface area contributed by atoms with Crippen LogP contribution in [0.2, 0.25) is 0 Å². The summed E-state index contributed by atoms with van der Waals surface area (Å²) in [6.45, 7) is 20.0. The van der Waals surface area contributed by atoms with Gasteiger partial charge in [0.15, 0.2) is 0 Å². The number of unbranched alkanes of at least 4 members (excludes halogenated alkanes) is 12. The van der Waals surface area contributed by atoms with Crippen molar-refractivity contribution in [1.82, 2.24) is 4.90 Å². The minimum absolute atomic E-state index is 0.314. The van der Waals surface area contributed by atoms with E-state index in [4.69, 9.17) is 4.74 Å². The molecule has 33 heavy (non-hydrogen) atoms. The molecular formula is C30H59NO2. The molecule has 0 heterocycles. The number of hydrogen-bond acceptors (Lipinski definition) is 3. The van der Waals surface area contributed by atoms with Gasteiger partial charge in [-0.05, 0) is 36.5 Å². The molecule has 0 aliphatic heterocycles. The van der Waals surface area contributed by atoms with Crippen LogP contribution < -0.4 is 0 Å². The summed E-state index contributed by atoms with van der Waals surface area (Å²) < 4.78 is 5.32. The fourth-order valence-corrected chi connectivity index (χ4v) is 4.20. The van der Waals surface area contributed by atoms with Crippen molar-refractivity contribution < 1.29 is 9.53 Å². The van der Waals surface area contributed by atoms with E-state index in [-0.39, 0.29) is 5.97 Å². The minimum Gasteiger partial charge on any atom is -0.446 e. The van der Waals surface area contributed by atoms with Crippen molar-refractivity contribution in [3.63, 3.8) is 0 Å². The molecule has 0 aliphatic carbocycles. The summed E-state index contributed by atoms with van der Waals surface area (Å²) in [5.41, 5.74) is 0.954. The van der Waals surface area contributed by atoms with E-state index in [2.05, 4.69) is 53.0 Å². The molecule has 0 radical (unpaired) electrons. The van der Waals surface area contributed by atoms with E-state index in [1.807, 2.05) is 0 Å². The van der Waals surface area contributed by atoms with Crippen LogP contribution in [0, 0.1) is 10.8 Å². The van der Waals surface area contributed by atoms with E-state index in [0.29, 0.717) is 17.6 Å². The molecule has 0 amide bonds. The minimum atomic E-state index is -0.314. The highest BCUT2D eigenvalue weighted by molar-refractivity contribution is 5.81. The van der Waals surface area contributed by atoms with Crippen LogP contribution in [0.5, 0.6) is 0 Å². The van der Waals surface area contributed by atoms with Gasteiger partial charge in [-0.15, -0.1) is 0 Å². The standard InChI is InChI=1S/C30H59NO2/c1-8-28(32)33-27-31(25-21-17-13-9-11-15-19-23-29(2,3)4)26-22-18-14-10-12-16-20-24-30(5,6)7/h8H,1,9-27H2,2-7H3. The number of rotatable bonds is 21. The maximum absolute atomic E-state index is 11.5. The Kier molecular flexibility index (Phi) is 19.0. The second-order valence-electron chi connectivity index (χ2n) is 12.5. The lowest BCUT2D eigenvalue weighted by Crippen LogP contribution is -2.30. The molecule has 0 aromatic carbocycles. The molecule has 196 valence electrons. The Morgan fingerprint density at radius 2 is 0.970 bits per heavy atom. The molecule has 0 aliphatic rings. The molecule has 0 unspecified atom stereocenters. The van der Waals surface area contributed by atoms with Crippen molar-refractivity contribution in [2.45, 2.75) is 144 Å². The van der Waals surface area contributed by atoms with E-state index >= 15 is 0 Å². The second kappa shape index (κ2) is 19.5. The first-order valence-electron chi connectivity index (χ1n) is 14.0. The van der Waals surface area contributed by atoms with Crippen LogP contribution in [0.25, 0.3) is 0 Å². The lowest BCUT2D eigenvalue weighted by atomic mass is 9.89. The van der Waals surface area contributed by atoms with Gasteiger partial charge in [-0.3, -0.25) is 4.90 Å². The molecule has 3 nitrogen and oxygen atoms in total. The Morgan fingerprint density at radius 1 is 0.636 bits per heavy atom. The summed E-state index contributed by atoms with van der Waals surface area (Å²) in [5, 5.41) is 0. The van der Waals surface area contributed by atoms with Gasteiger partial charge in [0, 0.05) is 19.2 Å². The third-order valence-corrected chi connectivity index (χ3v) is 6.36. The fourth-order valence-electron chi connectivity index (χ4n) is 4.20. The van der Waals surface area contributed by atoms with Gasteiger partial charge in [0.1, 0.15) is 6.73 Å². The Bertz CT molecular complexity index is 441. The van der Waals surface area contributed by atoms with E-state index in [9.17, 15) is 4.79 Å². The highest BCUT2D eigenvalue weighted by atomic mass is 16.5. The van der Waals surface area contributed by atoms with Crippen LogP contribution in [0.3, 0.4) is 0 Å². The Labute approximate surface area is 208 Å². The largest absolute Gasteiger partial charge is 0.446 e. The van der Waals surface area contributed by atoms with Gasteiger partial charge in [-0.2, -0.15) is 0 Å². The van der Waals surface area contributed by atoms with Crippen LogP contribution in [0.15, 0.2) is 12.7 Å². The first kappa shape index (κ1) is 32.2. The van der Waals surface area contributed by atoms with Crippen LogP contribution >= 0.6 is 0 Å². The highest BCUT2D eigenvalue weighted by Crippen LogP contribution is 2.23. The van der Waals surface area contributed by atoms with Gasteiger partial charge in [0.2, 0.25) is 0 Å². The number of esters is 1. The molecule has 0 atom stereocenters. The van der Waals surface area contributed by atoms with E-state index in [0.717, 1.165) is 13.1 Å². The number of nitrogens with zero attached hydrogens (tertiary/aromatic N) is 1. The topological polar surface area (TPSA) is 29.5 Å². The molecule has 0 aromatic rings. The normalized spacial score (nSPS) is 12.3. The maximum Gasteiger partial charge on any atom is 0.331 e. The highest BCUT2D eigenvalue weighted by Gasteiger charge is 2.10. The number of hydrogen-bond donors (Lipinski definition) is 0. The molecule has 0 spiro atoms. The average Bonchev–Trinajstić information content (AvgIpc) is 2.72. The SMILES string of the molecule is C=CC(=O)OCN(CCCCCCCCCC(C)(C)C)CCCCCCCCCC(C)(C)C. The molecule has 0 saturated heterocycles. The van der Waals surface area contributed by atoms with Crippen molar-refractivity contribution in [2.75, 3.05) is 19.8 Å². The first-order valence-corrected chi connectivity index (χ1v) is 14.0. The average molecular weight is 466 g/mol. The van der Waals surface area contributed by atoms with Crippen LogP contribution in [0.4, 0.5) is 0 Å². The van der Waals surface area contributed by atoms with Gasteiger partial charge in [-0.25, -0.2) is 4.79 Å². The zero-order valence-corrected chi connectivity index (χ0v) is 23.5. The molecule has 0 fully saturated rings. The smallest absolute Gasteiger partial charge is 0.331 e.